The maximum absolute atomic E-state index is 12.3. The van der Waals surface area contributed by atoms with Crippen molar-refractivity contribution in [2.45, 2.75) is 105 Å². The number of para-hydroxylation sites is 1. The van der Waals surface area contributed by atoms with Crippen molar-refractivity contribution in [1.29, 1.82) is 0 Å². The Balaban J connectivity index is 0.00000820. The summed E-state index contributed by atoms with van der Waals surface area (Å²) in [5, 5.41) is 12.3. The van der Waals surface area contributed by atoms with Crippen LogP contribution in [0.25, 0.3) is 72.7 Å². The van der Waals surface area contributed by atoms with Crippen molar-refractivity contribution in [1.82, 2.24) is 14.5 Å². The van der Waals surface area contributed by atoms with Crippen LogP contribution in [0.15, 0.2) is 133 Å². The fourth-order valence-electron chi connectivity index (χ4n) is 7.93. The summed E-state index contributed by atoms with van der Waals surface area (Å²) in [4.78, 5) is 9.77. The molecule has 0 saturated heterocycles. The van der Waals surface area contributed by atoms with E-state index in [0.29, 0.717) is 50.4 Å². The van der Waals surface area contributed by atoms with Gasteiger partial charge in [0.05, 0.1) is 27.6 Å². The minimum atomic E-state index is -1.28. The standard InChI is InChI=1S/C58H60N3O.Pt/c1-35(2)42-32-50(38(7)8)56(62)51(33-42)57-60-55-49(43-29-44(31-45(30-43)58(9,10)11)52-34-41(27-28-59-52)39-17-13-12-14-18-39)21-16-22-53(55)61(57)46-25-23-40(24-26-46)54-47(36(3)4)19-15-20-48(54)37(5)6;/h12-28,30-38,62H,1-11H3;/q-1;/i12D,13D,14D,17D,18D,27D,28D,34D,35D,36D,37D,38D;. The van der Waals surface area contributed by atoms with Gasteiger partial charge in [-0.15, -0.1) is 29.3 Å². The summed E-state index contributed by atoms with van der Waals surface area (Å²) in [5.41, 5.74) is 6.84. The van der Waals surface area contributed by atoms with E-state index in [4.69, 9.17) is 20.1 Å². The van der Waals surface area contributed by atoms with Gasteiger partial charge in [0.1, 0.15) is 11.6 Å². The number of fused-ring (bicyclic) bond motifs is 1. The first-order valence-corrected chi connectivity index (χ1v) is 20.9. The molecule has 8 rings (SSSR count). The minimum absolute atomic E-state index is 0. The molecule has 5 heteroatoms. The average Bonchev–Trinajstić information content (AvgIpc) is 3.70. The number of aromatic hydroxyl groups is 1. The van der Waals surface area contributed by atoms with Gasteiger partial charge in [-0.05, 0) is 104 Å². The van der Waals surface area contributed by atoms with Gasteiger partial charge in [0.2, 0.25) is 0 Å². The Morgan fingerprint density at radius 3 is 1.92 bits per heavy atom. The summed E-state index contributed by atoms with van der Waals surface area (Å²) >= 11 is 0. The molecule has 0 unspecified atom stereocenters. The molecule has 0 aliphatic heterocycles. The number of aromatic nitrogens is 3. The van der Waals surface area contributed by atoms with Crippen molar-refractivity contribution < 1.29 is 42.6 Å². The Kier molecular flexibility index (Phi) is 9.32. The number of hydrogen-bond acceptors (Lipinski definition) is 3. The molecule has 0 bridgehead atoms. The zero-order valence-corrected chi connectivity index (χ0v) is 40.0. The predicted molar refractivity (Wildman–Crippen MR) is 262 cm³/mol. The molecule has 0 spiro atoms. The van der Waals surface area contributed by atoms with E-state index in [0.717, 1.165) is 27.8 Å². The smallest absolute Gasteiger partial charge is 0.148 e. The van der Waals surface area contributed by atoms with Gasteiger partial charge in [-0.2, -0.15) is 0 Å². The third-order valence-electron chi connectivity index (χ3n) is 11.3. The summed E-state index contributed by atoms with van der Waals surface area (Å²) in [6, 6.07) is 25.7. The predicted octanol–water partition coefficient (Wildman–Crippen LogP) is 16.0. The van der Waals surface area contributed by atoms with E-state index in [1.54, 1.807) is 45.9 Å². The SMILES string of the molecule is [2H]c1nc(-c2[c-]c(-c3cccc4c3nc(-c3cc(C([2H])(C)C)cc(C([2H])(C)C)c3O)n4-c3ccc(-c4c(C([2H])(C)C)cccc4C([2H])(C)C)cc3)cc(C(C)(C)C)c2)c([2H])c(-c2c([2H])c([2H])c([2H])c([2H])c2[2H])c1[2H].[Pt]. The van der Waals surface area contributed by atoms with E-state index >= 15 is 0 Å². The largest absolute Gasteiger partial charge is 0.507 e. The maximum Gasteiger partial charge on any atom is 0.148 e. The van der Waals surface area contributed by atoms with Crippen molar-refractivity contribution in [3.05, 3.63) is 167 Å². The second kappa shape index (κ2) is 18.3. The molecule has 2 heterocycles. The summed E-state index contributed by atoms with van der Waals surface area (Å²) in [6.07, 6.45) is -0.565. The molecule has 324 valence electrons. The molecular formula is C58H60N3OPt-. The molecule has 0 fully saturated rings. The molecular weight excluding hydrogens is 950 g/mol. The first-order chi connectivity index (χ1) is 34.1. The number of rotatable bonds is 10. The molecule has 0 radical (unpaired) electrons. The second-order valence-electron chi connectivity index (χ2n) is 17.8. The van der Waals surface area contributed by atoms with Gasteiger partial charge in [-0.1, -0.05) is 172 Å². The first-order valence-electron chi connectivity index (χ1n) is 26.9. The summed E-state index contributed by atoms with van der Waals surface area (Å²) in [6.45, 7) is 20.2. The van der Waals surface area contributed by atoms with Gasteiger partial charge >= 0.3 is 0 Å². The van der Waals surface area contributed by atoms with Gasteiger partial charge in [0.25, 0.3) is 0 Å². The topological polar surface area (TPSA) is 50.9 Å². The Labute approximate surface area is 406 Å². The number of benzene rings is 6. The number of pyridine rings is 1. The average molecular weight is 1020 g/mol. The van der Waals surface area contributed by atoms with Gasteiger partial charge in [-0.3, -0.25) is 9.55 Å². The number of imidazole rings is 1. The van der Waals surface area contributed by atoms with E-state index in [2.05, 4.69) is 11.1 Å². The van der Waals surface area contributed by atoms with Crippen LogP contribution in [0, 0.1) is 6.07 Å². The normalized spacial score (nSPS) is 15.3. The van der Waals surface area contributed by atoms with Crippen molar-refractivity contribution in [2.24, 2.45) is 0 Å². The third-order valence-corrected chi connectivity index (χ3v) is 11.3. The van der Waals surface area contributed by atoms with E-state index < -0.39 is 77.5 Å². The molecule has 8 aromatic rings. The zero-order chi connectivity index (χ0) is 54.7. The number of phenolic OH excluding ortho intramolecular Hbond substituents is 1. The minimum Gasteiger partial charge on any atom is -0.507 e. The van der Waals surface area contributed by atoms with Crippen LogP contribution >= 0.6 is 0 Å². The Morgan fingerprint density at radius 1 is 0.667 bits per heavy atom. The van der Waals surface area contributed by atoms with Crippen LogP contribution < -0.4 is 0 Å². The summed E-state index contributed by atoms with van der Waals surface area (Å²) in [5.74, 6) is -4.26. The van der Waals surface area contributed by atoms with Gasteiger partial charge < -0.3 is 5.11 Å². The quantitative estimate of drug-likeness (QED) is 0.139. The molecule has 2 aromatic heterocycles. The monoisotopic (exact) mass is 1020 g/mol. The molecule has 1 N–H and O–H groups in total. The van der Waals surface area contributed by atoms with Crippen molar-refractivity contribution in [3.63, 3.8) is 0 Å². The summed E-state index contributed by atoms with van der Waals surface area (Å²) < 4.78 is 108. The van der Waals surface area contributed by atoms with E-state index in [9.17, 15) is 6.48 Å². The van der Waals surface area contributed by atoms with Crippen LogP contribution in [-0.2, 0) is 26.5 Å². The molecule has 0 aliphatic carbocycles. The molecule has 0 saturated carbocycles. The van der Waals surface area contributed by atoms with Crippen LogP contribution in [0.2, 0.25) is 0 Å². The van der Waals surface area contributed by atoms with Crippen LogP contribution in [-0.4, -0.2) is 19.6 Å². The van der Waals surface area contributed by atoms with E-state index in [1.807, 2.05) is 120 Å². The molecule has 63 heavy (non-hydrogen) atoms. The van der Waals surface area contributed by atoms with Crippen LogP contribution in [0.4, 0.5) is 0 Å². The van der Waals surface area contributed by atoms with Gasteiger partial charge in [0.15, 0.2) is 0 Å². The second-order valence-corrected chi connectivity index (χ2v) is 17.8. The Hall–Kier alpha value is -5.57. The van der Waals surface area contributed by atoms with Gasteiger partial charge in [-0.25, -0.2) is 4.98 Å². The molecule has 0 amide bonds. The van der Waals surface area contributed by atoms with E-state index in [-0.39, 0.29) is 49.2 Å². The summed E-state index contributed by atoms with van der Waals surface area (Å²) in [7, 11) is 0. The molecule has 0 aliphatic rings. The fraction of sp³-hybridized carbons (Fsp3) is 0.276. The van der Waals surface area contributed by atoms with Crippen LogP contribution in [0.1, 0.15) is 144 Å². The fourth-order valence-corrected chi connectivity index (χ4v) is 7.93. The molecule has 0 atom stereocenters. The Bertz CT molecular complexity index is 3510. The van der Waals surface area contributed by atoms with Gasteiger partial charge in [0, 0.05) is 44.1 Å². The Morgan fingerprint density at radius 2 is 1.30 bits per heavy atom. The number of hydrogen-bond donors (Lipinski definition) is 1. The number of phenols is 1. The zero-order valence-electron chi connectivity index (χ0n) is 49.7. The van der Waals surface area contributed by atoms with Crippen LogP contribution in [0.3, 0.4) is 0 Å². The maximum atomic E-state index is 12.3. The van der Waals surface area contributed by atoms with Crippen LogP contribution in [0.5, 0.6) is 5.75 Å². The van der Waals surface area contributed by atoms with Crippen molar-refractivity contribution in [3.8, 4) is 67.5 Å². The van der Waals surface area contributed by atoms with Crippen molar-refractivity contribution >= 4 is 11.0 Å². The van der Waals surface area contributed by atoms with Crippen molar-refractivity contribution in [2.75, 3.05) is 0 Å². The van der Waals surface area contributed by atoms with E-state index in [1.165, 1.54) is 0 Å². The molecule has 4 nitrogen and oxygen atoms in total. The molecule has 6 aromatic carbocycles. The first kappa shape index (κ1) is 32.1. The number of nitrogens with zero attached hydrogens (tertiary/aromatic N) is 3. The third kappa shape index (κ3) is 8.98.